The first-order valence-electron chi connectivity index (χ1n) is 12.2. The molecule has 0 aromatic heterocycles. The van der Waals surface area contributed by atoms with Crippen molar-refractivity contribution in [3.8, 4) is 0 Å². The van der Waals surface area contributed by atoms with Gasteiger partial charge in [-0.3, -0.25) is 0 Å². The minimum atomic E-state index is -3.41. The van der Waals surface area contributed by atoms with E-state index in [0.29, 0.717) is 79.2 Å². The first-order chi connectivity index (χ1) is 16.1. The standard InChI is InChI=1S/C22H48N2O8S/c1-27-15-17-31-21-19-29-13-9-5-3-7-11-23-33(25,26)24-12-8-4-6-10-14-30-20-22-32-18-16-28-2/h23-24H,3-22H2,1-2H3. The molecule has 0 bridgehead atoms. The van der Waals surface area contributed by atoms with E-state index in [4.69, 9.17) is 28.4 Å². The SMILES string of the molecule is COCCOCCOCCCCCCNS(=O)(=O)NCCCCCCOCCOCCOC. The zero-order chi connectivity index (χ0) is 24.3. The maximum absolute atomic E-state index is 11.9. The molecule has 200 valence electrons. The van der Waals surface area contributed by atoms with Crippen molar-refractivity contribution in [1.29, 1.82) is 0 Å². The maximum atomic E-state index is 11.9. The molecule has 0 atom stereocenters. The molecule has 2 N–H and O–H groups in total. The lowest BCUT2D eigenvalue weighted by Gasteiger charge is -2.09. The summed E-state index contributed by atoms with van der Waals surface area (Å²) in [7, 11) is -0.113. The summed E-state index contributed by atoms with van der Waals surface area (Å²) in [4.78, 5) is 0. The molecule has 10 nitrogen and oxygen atoms in total. The number of nitrogens with one attached hydrogen (secondary N) is 2. The third kappa shape index (κ3) is 27.8. The number of methoxy groups -OCH3 is 2. The number of unbranched alkanes of at least 4 members (excludes halogenated alkanes) is 6. The minimum absolute atomic E-state index is 0.454. The van der Waals surface area contributed by atoms with Crippen molar-refractivity contribution in [2.45, 2.75) is 51.4 Å². The first-order valence-corrected chi connectivity index (χ1v) is 13.6. The van der Waals surface area contributed by atoms with Crippen molar-refractivity contribution in [1.82, 2.24) is 9.44 Å². The summed E-state index contributed by atoms with van der Waals surface area (Å²) in [5.74, 6) is 0. The van der Waals surface area contributed by atoms with E-state index in [1.807, 2.05) is 0 Å². The van der Waals surface area contributed by atoms with Gasteiger partial charge in [-0.1, -0.05) is 25.7 Å². The highest BCUT2D eigenvalue weighted by Gasteiger charge is 2.07. The van der Waals surface area contributed by atoms with Crippen LogP contribution in [-0.2, 0) is 38.6 Å². The number of hydrogen-bond acceptors (Lipinski definition) is 8. The molecule has 0 aromatic carbocycles. The molecule has 0 heterocycles. The van der Waals surface area contributed by atoms with Gasteiger partial charge in [-0.2, -0.15) is 8.42 Å². The van der Waals surface area contributed by atoms with Gasteiger partial charge in [-0.25, -0.2) is 9.44 Å². The molecule has 33 heavy (non-hydrogen) atoms. The molecule has 11 heteroatoms. The minimum Gasteiger partial charge on any atom is -0.382 e. The van der Waals surface area contributed by atoms with E-state index in [1.165, 1.54) is 0 Å². The quantitative estimate of drug-likeness (QED) is 0.157. The Balaban J connectivity index is 3.30. The van der Waals surface area contributed by atoms with Gasteiger partial charge < -0.3 is 28.4 Å². The highest BCUT2D eigenvalue weighted by Crippen LogP contribution is 2.01. The topological polar surface area (TPSA) is 114 Å². The lowest BCUT2D eigenvalue weighted by Crippen LogP contribution is -2.37. The molecular formula is C22H48N2O8S. The van der Waals surface area contributed by atoms with E-state index in [-0.39, 0.29) is 0 Å². The van der Waals surface area contributed by atoms with Crippen molar-refractivity contribution < 1.29 is 36.8 Å². The van der Waals surface area contributed by atoms with Crippen LogP contribution in [0.1, 0.15) is 51.4 Å². The summed E-state index contributed by atoms with van der Waals surface area (Å²) in [6.45, 7) is 7.05. The lowest BCUT2D eigenvalue weighted by atomic mass is 10.2. The van der Waals surface area contributed by atoms with Crippen molar-refractivity contribution in [3.05, 3.63) is 0 Å². The fraction of sp³-hybridized carbons (Fsp3) is 1.00. The average Bonchev–Trinajstić information content (AvgIpc) is 2.80. The molecule has 0 aromatic rings. The van der Waals surface area contributed by atoms with Gasteiger partial charge in [-0.05, 0) is 25.7 Å². The predicted molar refractivity (Wildman–Crippen MR) is 129 cm³/mol. The maximum Gasteiger partial charge on any atom is 0.276 e. The van der Waals surface area contributed by atoms with Gasteiger partial charge in [0.15, 0.2) is 0 Å². The van der Waals surface area contributed by atoms with Crippen molar-refractivity contribution in [2.75, 3.05) is 93.4 Å². The molecule has 0 spiro atoms. The summed E-state index contributed by atoms with van der Waals surface area (Å²) in [6.07, 6.45) is 7.55. The van der Waals surface area contributed by atoms with Crippen LogP contribution in [0.4, 0.5) is 0 Å². The fourth-order valence-corrected chi connectivity index (χ4v) is 3.69. The van der Waals surface area contributed by atoms with Crippen LogP contribution in [-0.4, -0.2) is 102 Å². The van der Waals surface area contributed by atoms with Gasteiger partial charge >= 0.3 is 0 Å². The van der Waals surface area contributed by atoms with Gasteiger partial charge in [0.05, 0.1) is 52.9 Å². The van der Waals surface area contributed by atoms with Gasteiger partial charge in [0.2, 0.25) is 0 Å². The van der Waals surface area contributed by atoms with Crippen LogP contribution in [0.2, 0.25) is 0 Å². The van der Waals surface area contributed by atoms with Crippen molar-refractivity contribution in [2.24, 2.45) is 0 Å². The monoisotopic (exact) mass is 500 g/mol. The number of rotatable bonds is 28. The second kappa shape index (κ2) is 26.2. The van der Waals surface area contributed by atoms with Crippen LogP contribution in [0, 0.1) is 0 Å². The van der Waals surface area contributed by atoms with E-state index in [0.717, 1.165) is 51.4 Å². The molecular weight excluding hydrogens is 452 g/mol. The van der Waals surface area contributed by atoms with Gasteiger partial charge in [0.1, 0.15) is 0 Å². The molecule has 0 saturated carbocycles. The smallest absolute Gasteiger partial charge is 0.276 e. The Morgan fingerprint density at radius 2 is 0.788 bits per heavy atom. The molecule has 0 aliphatic rings. The van der Waals surface area contributed by atoms with Crippen LogP contribution in [0.5, 0.6) is 0 Å². The highest BCUT2D eigenvalue weighted by atomic mass is 32.2. The molecule has 0 rings (SSSR count). The Kier molecular flexibility index (Phi) is 25.9. The Morgan fingerprint density at radius 3 is 1.18 bits per heavy atom. The highest BCUT2D eigenvalue weighted by molar-refractivity contribution is 7.87. The summed E-state index contributed by atoms with van der Waals surface area (Å²) in [5, 5.41) is 0. The zero-order valence-corrected chi connectivity index (χ0v) is 21.6. The number of hydrogen-bond donors (Lipinski definition) is 2. The molecule has 0 saturated heterocycles. The van der Waals surface area contributed by atoms with Crippen molar-refractivity contribution >= 4 is 10.2 Å². The second-order valence-corrected chi connectivity index (χ2v) is 9.14. The largest absolute Gasteiger partial charge is 0.382 e. The van der Waals surface area contributed by atoms with Crippen LogP contribution < -0.4 is 9.44 Å². The Labute approximate surface area is 201 Å². The van der Waals surface area contributed by atoms with Gasteiger partial charge in [0, 0.05) is 40.5 Å². The fourth-order valence-electron chi connectivity index (χ4n) is 2.76. The summed E-state index contributed by atoms with van der Waals surface area (Å²) in [5.41, 5.74) is 0. The molecule has 0 aliphatic heterocycles. The zero-order valence-electron chi connectivity index (χ0n) is 20.8. The molecule has 0 radical (unpaired) electrons. The van der Waals surface area contributed by atoms with E-state index < -0.39 is 10.2 Å². The van der Waals surface area contributed by atoms with Crippen LogP contribution in [0.3, 0.4) is 0 Å². The number of ether oxygens (including phenoxy) is 6. The van der Waals surface area contributed by atoms with Crippen LogP contribution >= 0.6 is 0 Å². The summed E-state index contributed by atoms with van der Waals surface area (Å²) >= 11 is 0. The van der Waals surface area contributed by atoms with Crippen molar-refractivity contribution in [3.63, 3.8) is 0 Å². The summed E-state index contributed by atoms with van der Waals surface area (Å²) < 4.78 is 60.4. The lowest BCUT2D eigenvalue weighted by molar-refractivity contribution is 0.0239. The molecule has 0 fully saturated rings. The second-order valence-electron chi connectivity index (χ2n) is 7.56. The van der Waals surface area contributed by atoms with E-state index in [1.54, 1.807) is 14.2 Å². The third-order valence-corrected chi connectivity index (χ3v) is 5.79. The third-order valence-electron chi connectivity index (χ3n) is 4.62. The van der Waals surface area contributed by atoms with E-state index in [2.05, 4.69) is 9.44 Å². The van der Waals surface area contributed by atoms with E-state index in [9.17, 15) is 8.42 Å². The molecule has 0 unspecified atom stereocenters. The Bertz CT molecular complexity index is 447. The average molecular weight is 501 g/mol. The molecule has 0 amide bonds. The predicted octanol–water partition coefficient (Wildman–Crippen LogP) is 1.89. The van der Waals surface area contributed by atoms with Gasteiger partial charge in [0.25, 0.3) is 10.2 Å². The normalized spacial score (nSPS) is 11.9. The first kappa shape index (κ1) is 32.6. The Morgan fingerprint density at radius 1 is 0.455 bits per heavy atom. The van der Waals surface area contributed by atoms with Gasteiger partial charge in [-0.15, -0.1) is 0 Å². The summed E-state index contributed by atoms with van der Waals surface area (Å²) in [6, 6.07) is 0. The van der Waals surface area contributed by atoms with E-state index >= 15 is 0 Å². The van der Waals surface area contributed by atoms with Crippen LogP contribution in [0.25, 0.3) is 0 Å². The molecule has 0 aliphatic carbocycles. The van der Waals surface area contributed by atoms with Crippen LogP contribution in [0.15, 0.2) is 0 Å². The Hall–Kier alpha value is -0.370.